The number of hydrogen-bond donors (Lipinski definition) is 0. The predicted octanol–water partition coefficient (Wildman–Crippen LogP) is 41.7. The molecular weight excluding hydrogens is 1780 g/mol. The van der Waals surface area contributed by atoms with E-state index < -0.39 is 316 Å². The smallest absolute Gasteiger partial charge is 0.0619 e. The molecule has 0 N–H and O–H groups in total. The first-order valence-corrected chi connectivity index (χ1v) is 47.0. The molecule has 0 aromatic heterocycles. The summed E-state index contributed by atoms with van der Waals surface area (Å²) in [5.41, 5.74) is -3.94. The molecule has 0 atom stereocenters. The van der Waals surface area contributed by atoms with Gasteiger partial charge in [-0.2, -0.15) is 0 Å². The third kappa shape index (κ3) is 13.5. The van der Waals surface area contributed by atoms with E-state index >= 15 is 0 Å². The van der Waals surface area contributed by atoms with E-state index in [1.165, 1.54) is 0 Å². The SMILES string of the molecule is [2H]c1c([2H])c(-c2c([2H])c([2H])c(-c3c([2H])c([2H])c(-c4ccc5ccc6cccc7ccc4c5c67)c([2H])c3[2H])c([2H])c2[2H])c([2H])c(-c2ccc3ccc4cccc5ccc2c3c45)c1[2H].[2H]c1c([2H])c2c([2H])c([2H])c3c([2H])c([2H])c(-c4ccc(-c5ccc(-c6cccc(-c7c([2H])c([2H])c8c([2H])c([2H])c9c([2H])c([2H])c([2H])c%10c([2H])c([2H])c7c8c9%10)c6)cc5)cc4)c4c([2H])c([2H])c(c1[2H])c2c34.[2H]c1c([2H])c2c([2H])c([2H])c3c([2H])c([2H])c(C)c4c([2H])c([2H])c(c1[2H])c2c34.[2H]c1cc([2H])c2c(c1[2H])-c1c([2H])c([2H])c(-c3c([2H])c([2H])c4c([2H])c([2H])c5c([2H])c([2H])c([2H])c6c([2H])c([2H])c3c4c56)c([2H])c1C2(C([2H])([2H])[2H])C([2H])([2H])[2H]. The second-order valence-electron chi connectivity index (χ2n) is 36.2. The summed E-state index contributed by atoms with van der Waals surface area (Å²) in [5, 5.41) is 9.63. The quantitative estimate of drug-likeness (QED) is 0.126. The molecule has 1 aliphatic carbocycles. The van der Waals surface area contributed by atoms with E-state index in [9.17, 15) is 16.4 Å². The molecule has 0 fully saturated rings. The van der Waals surface area contributed by atoms with Gasteiger partial charge in [-0.25, -0.2) is 0 Å². The summed E-state index contributed by atoms with van der Waals surface area (Å²) in [6.07, 6.45) is 0. The largest absolute Gasteiger partial charge is 0.0636 e. The predicted molar refractivity (Wildman–Crippen MR) is 639 cm³/mol. The summed E-state index contributed by atoms with van der Waals surface area (Å²) in [7, 11) is 0. The van der Waals surface area contributed by atoms with Gasteiger partial charge in [0.05, 0.1) is 74.0 Å². The van der Waals surface area contributed by atoms with Gasteiger partial charge in [0.15, 0.2) is 0 Å². The highest BCUT2D eigenvalue weighted by Gasteiger charge is 2.36. The van der Waals surface area contributed by atoms with Crippen molar-refractivity contribution in [3.05, 3.63) is 531 Å². The van der Waals surface area contributed by atoms with E-state index in [0.29, 0.717) is 38.8 Å². The van der Waals surface area contributed by atoms with Crippen molar-refractivity contribution in [3.8, 4) is 111 Å². The van der Waals surface area contributed by atoms with Crippen LogP contribution in [0.25, 0.3) is 305 Å². The Kier molecular flexibility index (Phi) is 10.1. The molecule has 1 aliphatic rings. The minimum Gasteiger partial charge on any atom is -0.0619 e. The average molecular weight is 1930 g/mol. The first-order valence-electron chi connectivity index (χ1n) is 77.0. The first-order chi connectivity index (χ1) is 98.1. The maximum atomic E-state index is 9.52. The molecule has 0 spiro atoms. The van der Waals surface area contributed by atoms with Crippen LogP contribution in [0.3, 0.4) is 0 Å². The molecule has 0 bridgehead atoms. The zero-order valence-corrected chi connectivity index (χ0v) is 76.9. The van der Waals surface area contributed by atoms with Crippen LogP contribution in [0.1, 0.15) is 113 Å². The fraction of sp³-hybridized carbons (Fsp3) is 0.0270. The molecule has 0 nitrogen and oxygen atoms in total. The highest BCUT2D eigenvalue weighted by molar-refractivity contribution is 6.32. The Morgan fingerprint density at radius 1 is 0.155 bits per heavy atom. The highest BCUT2D eigenvalue weighted by atomic mass is 14.4. The Morgan fingerprint density at radius 2 is 0.459 bits per heavy atom. The first kappa shape index (κ1) is 44.6. The number of fused-ring (bicyclic) bond motifs is 3. The highest BCUT2D eigenvalue weighted by Crippen LogP contribution is 2.53. The van der Waals surface area contributed by atoms with Gasteiger partial charge < -0.3 is 0 Å². The topological polar surface area (TPSA) is 0 Å². The summed E-state index contributed by atoms with van der Waals surface area (Å²) >= 11 is 0. The van der Waals surface area contributed by atoms with Crippen molar-refractivity contribution < 1.29 is 82.2 Å². The van der Waals surface area contributed by atoms with Gasteiger partial charge in [-0.05, 0) is 347 Å². The number of rotatable bonds is 9. The summed E-state index contributed by atoms with van der Waals surface area (Å²) in [6.45, 7) is -5.71. The van der Waals surface area contributed by atoms with Crippen molar-refractivity contribution >= 4 is 194 Å². The number of hydrogen-bond acceptors (Lipinski definition) is 0. The standard InChI is InChI=1S/2C50H30.C31H22.C17H12/c2*1-4-35-18-20-39-22-26-43(45-28-24-37(6-1)47(35)49(39)45)34-16-14-32(15-17-34)31-10-12-33(13-11-31)41-8-3-9-42(30-41)44-27-23-40-21-19-36-5-2-7-38-25-29-46(44)50(40)48(36)38;1-31(2)27-9-4-3-8-24(27)25-16-14-22(18-28(25)31)23-15-12-21-11-10-19-6-5-7-20-13-17-26(23)30(21)29(19)20;1-11-5-6-14-8-7-12-3-2-4-13-9-10-15(11)17(14)16(12)13/h2*1-30H;3-18H,1-2H3;2-10H,1H3/i1D,2D,4D,5D,6D,7D,18D,19D,20D,21D,22D,23D,24D,25D,26D,27D,28D,29D;3D,8D,9D,10D,11D,12D,13D,14D,15D,16D,17D,30D;1D3,2D3,3D,5D,6D,7D,8D,9D,10D,11D,12D,13D,14D,15D,16D,17D,18D;2D,3D,4D,5D,6D,7D,8D,9D,10D. The molecule has 33 rings (SSSR count). The van der Waals surface area contributed by atoms with E-state index in [1.807, 2.05) is 127 Å². The monoisotopic (exact) mass is 1930 g/mol. The van der Waals surface area contributed by atoms with Crippen LogP contribution >= 0.6 is 0 Å². The summed E-state index contributed by atoms with van der Waals surface area (Å²) in [4.78, 5) is 0. The molecular formula is C148H94. The van der Waals surface area contributed by atoms with E-state index in [2.05, 4.69) is 0 Å². The van der Waals surface area contributed by atoms with Crippen LogP contribution in [-0.4, -0.2) is 0 Å². The lowest BCUT2D eigenvalue weighted by molar-refractivity contribution is 0.660. The molecule has 0 amide bonds. The normalized spacial score (nSPS) is 18.4. The van der Waals surface area contributed by atoms with Gasteiger partial charge in [0.1, 0.15) is 0 Å². The Bertz CT molecular complexity index is 14500. The lowest BCUT2D eigenvalue weighted by Crippen LogP contribution is -2.14. The third-order valence-electron chi connectivity index (χ3n) is 28.1. The number of aryl methyl sites for hydroxylation is 1. The Labute approximate surface area is 941 Å². The van der Waals surface area contributed by atoms with Crippen molar-refractivity contribution in [1.29, 1.82) is 0 Å². The van der Waals surface area contributed by atoms with Gasteiger partial charge in [0, 0.05) is 13.6 Å². The van der Waals surface area contributed by atoms with E-state index in [-0.39, 0.29) is 237 Å². The van der Waals surface area contributed by atoms with Gasteiger partial charge in [0.2, 0.25) is 0 Å². The zero-order valence-electron chi connectivity index (χ0n) is 137. The molecule has 0 saturated heterocycles. The van der Waals surface area contributed by atoms with Crippen LogP contribution in [0, 0.1) is 6.92 Å². The van der Waals surface area contributed by atoms with Crippen LogP contribution in [0.4, 0.5) is 0 Å². The van der Waals surface area contributed by atoms with Crippen molar-refractivity contribution in [2.75, 3.05) is 0 Å². The van der Waals surface area contributed by atoms with Crippen molar-refractivity contribution in [2.45, 2.75) is 26.0 Å². The molecule has 148 heavy (non-hydrogen) atoms. The van der Waals surface area contributed by atoms with Crippen molar-refractivity contribution in [1.82, 2.24) is 0 Å². The van der Waals surface area contributed by atoms with Crippen LogP contribution < -0.4 is 0 Å². The van der Waals surface area contributed by atoms with E-state index in [1.54, 1.807) is 61.5 Å². The molecule has 32 aromatic rings. The minimum absolute atomic E-state index is 0.00170. The van der Waals surface area contributed by atoms with Crippen LogP contribution in [0.2, 0.25) is 0 Å². The lowest BCUT2D eigenvalue weighted by atomic mass is 9.81. The zero-order chi connectivity index (χ0) is 150. The molecule has 0 heterocycles. The second kappa shape index (κ2) is 33.4. The molecule has 686 valence electrons. The lowest BCUT2D eigenvalue weighted by Gasteiger charge is -2.22. The average Bonchev–Trinajstić information content (AvgIpc) is 1.50. The fourth-order valence-corrected chi connectivity index (χ4v) is 21.1. The summed E-state index contributed by atoms with van der Waals surface area (Å²) in [6, 6.07) is 28.6. The van der Waals surface area contributed by atoms with Gasteiger partial charge >= 0.3 is 0 Å². The van der Waals surface area contributed by atoms with Crippen molar-refractivity contribution in [3.63, 3.8) is 0 Å². The molecule has 0 aliphatic heterocycles. The molecule has 0 radical (unpaired) electrons. The molecule has 0 heteroatoms. The van der Waals surface area contributed by atoms with Gasteiger partial charge in [0.25, 0.3) is 0 Å². The van der Waals surface area contributed by atoms with Gasteiger partial charge in [-0.3, -0.25) is 0 Å². The summed E-state index contributed by atoms with van der Waals surface area (Å²) < 4.78 is 528. The summed E-state index contributed by atoms with van der Waals surface area (Å²) in [5.74, 6) is 0. The second-order valence-corrected chi connectivity index (χ2v) is 36.2. The van der Waals surface area contributed by atoms with Crippen LogP contribution in [0.15, 0.2) is 514 Å². The number of benzene rings is 32. The van der Waals surface area contributed by atoms with E-state index in [4.69, 9.17) is 65.8 Å². The fourth-order valence-electron chi connectivity index (χ4n) is 21.1. The van der Waals surface area contributed by atoms with Crippen LogP contribution in [0.5, 0.6) is 0 Å². The Balaban J connectivity index is 0.000000121. The van der Waals surface area contributed by atoms with Gasteiger partial charge in [-0.15, -0.1) is 0 Å². The van der Waals surface area contributed by atoms with Crippen LogP contribution in [-0.2, 0) is 5.41 Å². The minimum atomic E-state index is -3.64. The molecule has 0 saturated carbocycles. The van der Waals surface area contributed by atoms with Gasteiger partial charge in [-0.1, -0.05) is 510 Å². The third-order valence-corrected chi connectivity index (χ3v) is 28.1. The maximum absolute atomic E-state index is 9.52. The Hall–Kier alpha value is -18.7. The molecule has 32 aromatic carbocycles. The van der Waals surface area contributed by atoms with Crippen molar-refractivity contribution in [2.24, 2.45) is 0 Å². The molecule has 0 unspecified atom stereocenters. The Morgan fingerprint density at radius 3 is 0.932 bits per heavy atom. The maximum Gasteiger partial charge on any atom is 0.0636 e. The van der Waals surface area contributed by atoms with E-state index in [0.717, 1.165) is 82.0 Å².